The number of likely N-dealkylation sites (tertiary alicyclic amines) is 1. The highest BCUT2D eigenvalue weighted by Gasteiger charge is 2.34. The topological polar surface area (TPSA) is 49.4 Å². The van der Waals surface area contributed by atoms with E-state index in [-0.39, 0.29) is 5.75 Å². The number of hydrogen-bond donors (Lipinski definition) is 1. The first-order valence-electron chi connectivity index (χ1n) is 7.92. The molecule has 0 amide bonds. The Morgan fingerprint density at radius 2 is 1.90 bits per heavy atom. The lowest BCUT2D eigenvalue weighted by Gasteiger charge is -2.17. The number of hydrogen-bond acceptors (Lipinski definition) is 4. The normalized spacial score (nSPS) is 23.4. The summed E-state index contributed by atoms with van der Waals surface area (Å²) in [6.07, 6.45) is 4.54. The Kier molecular flexibility index (Phi) is 4.22. The van der Waals surface area contributed by atoms with Gasteiger partial charge in [-0.3, -0.25) is 4.90 Å². The highest BCUT2D eigenvalue weighted by atomic mass is 32.2. The van der Waals surface area contributed by atoms with Crippen LogP contribution in [-0.2, 0) is 9.84 Å². The van der Waals surface area contributed by atoms with Crippen LogP contribution in [0, 0.1) is 0 Å². The maximum absolute atomic E-state index is 12.0. The van der Waals surface area contributed by atoms with Crippen molar-refractivity contribution >= 4 is 15.5 Å². The van der Waals surface area contributed by atoms with Crippen molar-refractivity contribution in [3.63, 3.8) is 0 Å². The summed E-state index contributed by atoms with van der Waals surface area (Å²) in [6.45, 7) is 4.19. The van der Waals surface area contributed by atoms with Gasteiger partial charge in [0.1, 0.15) is 0 Å². The van der Waals surface area contributed by atoms with Crippen LogP contribution in [0.15, 0.2) is 29.2 Å². The van der Waals surface area contributed by atoms with Crippen LogP contribution in [0.1, 0.15) is 32.6 Å². The Balaban J connectivity index is 1.59. The Labute approximate surface area is 127 Å². The Morgan fingerprint density at radius 1 is 1.19 bits per heavy atom. The van der Waals surface area contributed by atoms with E-state index in [9.17, 15) is 8.42 Å². The first-order valence-corrected chi connectivity index (χ1v) is 9.57. The molecule has 0 aromatic heterocycles. The minimum atomic E-state index is -3.10. The lowest BCUT2D eigenvalue weighted by atomic mass is 10.2. The predicted octanol–water partition coefficient (Wildman–Crippen LogP) is 2.52. The van der Waals surface area contributed by atoms with Gasteiger partial charge < -0.3 is 5.32 Å². The number of sulfone groups is 1. The minimum Gasteiger partial charge on any atom is -0.381 e. The summed E-state index contributed by atoms with van der Waals surface area (Å²) < 4.78 is 24.0. The number of benzene rings is 1. The maximum atomic E-state index is 12.0. The van der Waals surface area contributed by atoms with Gasteiger partial charge in [-0.2, -0.15) is 0 Å². The van der Waals surface area contributed by atoms with Crippen molar-refractivity contribution in [1.29, 1.82) is 0 Å². The summed E-state index contributed by atoms with van der Waals surface area (Å²) in [5.74, 6) is 0.221. The lowest BCUT2D eigenvalue weighted by Crippen LogP contribution is -2.27. The third-order valence-corrected chi connectivity index (χ3v) is 6.28. The van der Waals surface area contributed by atoms with E-state index in [1.165, 1.54) is 25.8 Å². The second kappa shape index (κ2) is 5.97. The standard InChI is InChI=1S/C16H24N2O2S/c1-2-11-21(19,20)16-7-3-13(4-8-16)17-14-9-10-18(12-14)15-5-6-15/h3-4,7-8,14-15,17H,2,5-6,9-12H2,1H3. The fraction of sp³-hybridized carbons (Fsp3) is 0.625. The minimum absolute atomic E-state index is 0.221. The van der Waals surface area contributed by atoms with E-state index in [4.69, 9.17) is 0 Å². The molecule has 1 saturated heterocycles. The summed E-state index contributed by atoms with van der Waals surface area (Å²) in [5, 5.41) is 3.53. The molecule has 0 radical (unpaired) electrons. The maximum Gasteiger partial charge on any atom is 0.178 e. The van der Waals surface area contributed by atoms with E-state index in [1.807, 2.05) is 19.1 Å². The molecule has 1 aliphatic heterocycles. The number of nitrogens with zero attached hydrogens (tertiary/aromatic N) is 1. The highest BCUT2D eigenvalue weighted by Crippen LogP contribution is 2.30. The van der Waals surface area contributed by atoms with Crippen molar-refractivity contribution in [3.05, 3.63) is 24.3 Å². The van der Waals surface area contributed by atoms with E-state index in [0.717, 1.165) is 18.3 Å². The second-order valence-corrected chi connectivity index (χ2v) is 8.31. The molecule has 2 fully saturated rings. The molecule has 1 aromatic carbocycles. The van der Waals surface area contributed by atoms with Gasteiger partial charge in [0.05, 0.1) is 10.6 Å². The molecule has 1 heterocycles. The molecule has 1 unspecified atom stereocenters. The van der Waals surface area contributed by atoms with Gasteiger partial charge >= 0.3 is 0 Å². The van der Waals surface area contributed by atoms with Gasteiger partial charge in [0.15, 0.2) is 9.84 Å². The van der Waals surface area contributed by atoms with Gasteiger partial charge in [-0.05, 0) is 49.9 Å². The molecule has 0 bridgehead atoms. The SMILES string of the molecule is CCCS(=O)(=O)c1ccc(NC2CCN(C3CC3)C2)cc1. The Morgan fingerprint density at radius 3 is 2.52 bits per heavy atom. The monoisotopic (exact) mass is 308 g/mol. The number of rotatable bonds is 6. The van der Waals surface area contributed by atoms with Crippen molar-refractivity contribution < 1.29 is 8.42 Å². The molecular formula is C16H24N2O2S. The quantitative estimate of drug-likeness (QED) is 0.877. The molecule has 1 N–H and O–H groups in total. The molecule has 1 aromatic rings. The van der Waals surface area contributed by atoms with Crippen LogP contribution < -0.4 is 5.32 Å². The lowest BCUT2D eigenvalue weighted by molar-refractivity contribution is 0.326. The fourth-order valence-electron chi connectivity index (χ4n) is 3.06. The zero-order valence-corrected chi connectivity index (χ0v) is 13.4. The zero-order chi connectivity index (χ0) is 14.9. The molecule has 3 rings (SSSR count). The number of anilines is 1. The molecule has 4 nitrogen and oxygen atoms in total. The third-order valence-electron chi connectivity index (χ3n) is 4.34. The average molecular weight is 308 g/mol. The van der Waals surface area contributed by atoms with Crippen molar-refractivity contribution in [3.8, 4) is 0 Å². The van der Waals surface area contributed by atoms with E-state index in [0.29, 0.717) is 17.4 Å². The van der Waals surface area contributed by atoms with Crippen LogP contribution >= 0.6 is 0 Å². The largest absolute Gasteiger partial charge is 0.381 e. The van der Waals surface area contributed by atoms with E-state index < -0.39 is 9.84 Å². The molecule has 2 aliphatic rings. The first kappa shape index (κ1) is 14.9. The molecule has 1 atom stereocenters. The van der Waals surface area contributed by atoms with Crippen LogP contribution in [0.3, 0.4) is 0 Å². The summed E-state index contributed by atoms with van der Waals surface area (Å²) in [6, 6.07) is 8.55. The summed E-state index contributed by atoms with van der Waals surface area (Å²) in [4.78, 5) is 3.00. The third kappa shape index (κ3) is 3.58. The molecule has 0 spiro atoms. The average Bonchev–Trinajstić information content (AvgIpc) is 3.20. The van der Waals surface area contributed by atoms with Gasteiger partial charge in [-0.15, -0.1) is 0 Å². The van der Waals surface area contributed by atoms with Crippen molar-refractivity contribution in [2.45, 2.75) is 49.6 Å². The van der Waals surface area contributed by atoms with Gasteiger partial charge in [0.2, 0.25) is 0 Å². The van der Waals surface area contributed by atoms with Gasteiger partial charge in [0.25, 0.3) is 0 Å². The number of nitrogens with one attached hydrogen (secondary N) is 1. The van der Waals surface area contributed by atoms with Crippen molar-refractivity contribution in [1.82, 2.24) is 4.90 Å². The second-order valence-electron chi connectivity index (χ2n) is 6.20. The van der Waals surface area contributed by atoms with E-state index in [1.54, 1.807) is 12.1 Å². The van der Waals surface area contributed by atoms with Crippen LogP contribution in [0.2, 0.25) is 0 Å². The van der Waals surface area contributed by atoms with Gasteiger partial charge in [0, 0.05) is 30.9 Å². The van der Waals surface area contributed by atoms with Crippen molar-refractivity contribution in [2.24, 2.45) is 0 Å². The summed E-state index contributed by atoms with van der Waals surface area (Å²) in [5.41, 5.74) is 1.02. The summed E-state index contributed by atoms with van der Waals surface area (Å²) in [7, 11) is -3.10. The van der Waals surface area contributed by atoms with Crippen LogP contribution in [0.5, 0.6) is 0 Å². The molecule has 1 aliphatic carbocycles. The van der Waals surface area contributed by atoms with Gasteiger partial charge in [-0.25, -0.2) is 8.42 Å². The molecule has 21 heavy (non-hydrogen) atoms. The molecular weight excluding hydrogens is 284 g/mol. The fourth-order valence-corrected chi connectivity index (χ4v) is 4.38. The molecule has 5 heteroatoms. The van der Waals surface area contributed by atoms with Gasteiger partial charge in [-0.1, -0.05) is 6.92 Å². The van der Waals surface area contributed by atoms with Crippen molar-refractivity contribution in [2.75, 3.05) is 24.2 Å². The smallest absolute Gasteiger partial charge is 0.178 e. The highest BCUT2D eigenvalue weighted by molar-refractivity contribution is 7.91. The molecule has 116 valence electrons. The first-order chi connectivity index (χ1) is 10.1. The predicted molar refractivity (Wildman–Crippen MR) is 85.4 cm³/mol. The van der Waals surface area contributed by atoms with E-state index >= 15 is 0 Å². The zero-order valence-electron chi connectivity index (χ0n) is 12.6. The van der Waals surface area contributed by atoms with E-state index in [2.05, 4.69) is 10.2 Å². The molecule has 1 saturated carbocycles. The van der Waals surface area contributed by atoms with Crippen LogP contribution in [0.25, 0.3) is 0 Å². The summed E-state index contributed by atoms with van der Waals surface area (Å²) >= 11 is 0. The van der Waals surface area contributed by atoms with Crippen LogP contribution in [-0.4, -0.2) is 44.2 Å². The Bertz CT molecular complexity index is 579. The Hall–Kier alpha value is -1.07. The van der Waals surface area contributed by atoms with Crippen LogP contribution in [0.4, 0.5) is 5.69 Å².